The normalized spacial score (nSPS) is 12.2. The summed E-state index contributed by atoms with van der Waals surface area (Å²) < 4.78 is 26.1. The fourth-order valence-electron chi connectivity index (χ4n) is 1.77. The molecule has 20 heavy (non-hydrogen) atoms. The van der Waals surface area contributed by atoms with Gasteiger partial charge >= 0.3 is 5.97 Å². The number of aryl methyl sites for hydroxylation is 1. The highest BCUT2D eigenvalue weighted by molar-refractivity contribution is 7.89. The Bertz CT molecular complexity index is 620. The van der Waals surface area contributed by atoms with E-state index in [-0.39, 0.29) is 4.90 Å². The molecular formula is C14H19NO4S. The Labute approximate surface area is 119 Å². The maximum Gasteiger partial charge on any atom is 0.328 e. The van der Waals surface area contributed by atoms with Gasteiger partial charge in [-0.25, -0.2) is 17.5 Å². The highest BCUT2D eigenvalue weighted by Crippen LogP contribution is 2.21. The van der Waals surface area contributed by atoms with Crippen molar-refractivity contribution in [3.63, 3.8) is 0 Å². The highest BCUT2D eigenvalue weighted by atomic mass is 32.2. The lowest BCUT2D eigenvalue weighted by molar-refractivity contribution is -0.131. The van der Waals surface area contributed by atoms with E-state index in [0.29, 0.717) is 17.7 Å². The van der Waals surface area contributed by atoms with Gasteiger partial charge in [0.2, 0.25) is 10.0 Å². The average Bonchev–Trinajstić information content (AvgIpc) is 2.37. The molecule has 0 bridgehead atoms. The number of nitrogens with zero attached hydrogens (tertiary/aromatic N) is 1. The Morgan fingerprint density at radius 3 is 2.60 bits per heavy atom. The van der Waals surface area contributed by atoms with Crippen LogP contribution in [0.4, 0.5) is 0 Å². The number of aliphatic carboxylic acids is 1. The molecule has 1 aromatic carbocycles. The minimum Gasteiger partial charge on any atom is -0.478 e. The summed E-state index contributed by atoms with van der Waals surface area (Å²) in [6, 6.07) is 4.86. The Morgan fingerprint density at radius 1 is 1.40 bits per heavy atom. The SMILES string of the molecule is CCCN(C)S(=O)(=O)c1cc(C=CC(=O)O)ccc1C. The lowest BCUT2D eigenvalue weighted by Crippen LogP contribution is -2.28. The van der Waals surface area contributed by atoms with Crippen molar-refractivity contribution >= 4 is 22.1 Å². The predicted molar refractivity (Wildman–Crippen MR) is 78.0 cm³/mol. The third-order valence-corrected chi connectivity index (χ3v) is 4.86. The lowest BCUT2D eigenvalue weighted by Gasteiger charge is -2.18. The summed E-state index contributed by atoms with van der Waals surface area (Å²) in [5, 5.41) is 8.60. The maximum absolute atomic E-state index is 12.4. The van der Waals surface area contributed by atoms with Crippen LogP contribution in [0.1, 0.15) is 24.5 Å². The first-order valence-electron chi connectivity index (χ1n) is 6.27. The molecule has 0 aliphatic carbocycles. The molecule has 1 N–H and O–H groups in total. The van der Waals surface area contributed by atoms with Crippen LogP contribution in [0.2, 0.25) is 0 Å². The van der Waals surface area contributed by atoms with E-state index in [1.165, 1.54) is 23.5 Å². The summed E-state index contributed by atoms with van der Waals surface area (Å²) >= 11 is 0. The van der Waals surface area contributed by atoms with Crippen molar-refractivity contribution in [2.45, 2.75) is 25.2 Å². The van der Waals surface area contributed by atoms with E-state index in [4.69, 9.17) is 5.11 Å². The van der Waals surface area contributed by atoms with Gasteiger partial charge in [0.1, 0.15) is 0 Å². The van der Waals surface area contributed by atoms with Crippen LogP contribution >= 0.6 is 0 Å². The molecule has 0 aromatic heterocycles. The number of carbonyl (C=O) groups is 1. The molecule has 0 aliphatic rings. The second-order valence-electron chi connectivity index (χ2n) is 4.52. The van der Waals surface area contributed by atoms with Gasteiger partial charge < -0.3 is 5.11 Å². The van der Waals surface area contributed by atoms with E-state index in [0.717, 1.165) is 12.5 Å². The van der Waals surface area contributed by atoms with E-state index in [2.05, 4.69) is 0 Å². The van der Waals surface area contributed by atoms with E-state index in [9.17, 15) is 13.2 Å². The molecule has 5 nitrogen and oxygen atoms in total. The van der Waals surface area contributed by atoms with Crippen LogP contribution in [-0.4, -0.2) is 37.4 Å². The van der Waals surface area contributed by atoms with E-state index in [1.54, 1.807) is 19.1 Å². The first-order valence-corrected chi connectivity index (χ1v) is 7.71. The zero-order valence-electron chi connectivity index (χ0n) is 11.8. The summed E-state index contributed by atoms with van der Waals surface area (Å²) in [6.45, 7) is 4.07. The van der Waals surface area contributed by atoms with E-state index < -0.39 is 16.0 Å². The van der Waals surface area contributed by atoms with Crippen molar-refractivity contribution in [3.05, 3.63) is 35.4 Å². The molecule has 6 heteroatoms. The molecule has 0 unspecified atom stereocenters. The number of rotatable bonds is 6. The monoisotopic (exact) mass is 297 g/mol. The molecule has 0 atom stereocenters. The van der Waals surface area contributed by atoms with Crippen LogP contribution < -0.4 is 0 Å². The molecule has 0 fully saturated rings. The van der Waals surface area contributed by atoms with Crippen molar-refractivity contribution in [1.82, 2.24) is 4.31 Å². The fraction of sp³-hybridized carbons (Fsp3) is 0.357. The van der Waals surface area contributed by atoms with Crippen molar-refractivity contribution < 1.29 is 18.3 Å². The molecule has 0 saturated carbocycles. The van der Waals surface area contributed by atoms with Gasteiger partial charge in [0.15, 0.2) is 0 Å². The molecule has 0 spiro atoms. The van der Waals surface area contributed by atoms with Crippen molar-refractivity contribution in [1.29, 1.82) is 0 Å². The van der Waals surface area contributed by atoms with Crippen LogP contribution in [0.5, 0.6) is 0 Å². The summed E-state index contributed by atoms with van der Waals surface area (Å²) in [7, 11) is -2.00. The third-order valence-electron chi connectivity index (χ3n) is 2.86. The molecule has 0 amide bonds. The van der Waals surface area contributed by atoms with Crippen LogP contribution in [0.3, 0.4) is 0 Å². The van der Waals surface area contributed by atoms with Gasteiger partial charge in [-0.3, -0.25) is 0 Å². The zero-order valence-corrected chi connectivity index (χ0v) is 12.6. The standard InChI is InChI=1S/C14H19NO4S/c1-4-9-15(3)20(18,19)13-10-12(6-5-11(13)2)7-8-14(16)17/h5-8,10H,4,9H2,1-3H3,(H,16,17). The summed E-state index contributed by atoms with van der Waals surface area (Å²) in [5.74, 6) is -1.07. The number of carboxylic acid groups (broad SMARTS) is 1. The molecule has 1 rings (SSSR count). The van der Waals surface area contributed by atoms with Gasteiger partial charge in [0.25, 0.3) is 0 Å². The van der Waals surface area contributed by atoms with Crippen LogP contribution in [0, 0.1) is 6.92 Å². The van der Waals surface area contributed by atoms with E-state index >= 15 is 0 Å². The van der Waals surface area contributed by atoms with Gasteiger partial charge in [0, 0.05) is 19.7 Å². The number of benzene rings is 1. The average molecular weight is 297 g/mol. The number of hydrogen-bond donors (Lipinski definition) is 1. The number of hydrogen-bond acceptors (Lipinski definition) is 3. The first kappa shape index (κ1) is 16.4. The predicted octanol–water partition coefficient (Wildman–Crippen LogP) is 2.12. The van der Waals surface area contributed by atoms with E-state index in [1.807, 2.05) is 6.92 Å². The lowest BCUT2D eigenvalue weighted by atomic mass is 10.1. The molecule has 0 heterocycles. The molecule has 0 radical (unpaired) electrons. The Kier molecular flexibility index (Phi) is 5.47. The van der Waals surface area contributed by atoms with Crippen LogP contribution in [-0.2, 0) is 14.8 Å². The minimum absolute atomic E-state index is 0.209. The second-order valence-corrected chi connectivity index (χ2v) is 6.54. The minimum atomic E-state index is -3.54. The third kappa shape index (κ3) is 3.91. The van der Waals surface area contributed by atoms with Gasteiger partial charge in [0.05, 0.1) is 4.90 Å². The molecule has 1 aromatic rings. The Hall–Kier alpha value is -1.66. The first-order chi connectivity index (χ1) is 9.28. The second kappa shape index (κ2) is 6.67. The zero-order chi connectivity index (χ0) is 15.3. The summed E-state index contributed by atoms with van der Waals surface area (Å²) in [4.78, 5) is 10.7. The Morgan fingerprint density at radius 2 is 2.05 bits per heavy atom. The number of sulfonamides is 1. The highest BCUT2D eigenvalue weighted by Gasteiger charge is 2.22. The van der Waals surface area contributed by atoms with Gasteiger partial charge in [-0.05, 0) is 36.6 Å². The fourth-order valence-corrected chi connectivity index (χ4v) is 3.29. The van der Waals surface area contributed by atoms with Crippen LogP contribution in [0.25, 0.3) is 6.08 Å². The van der Waals surface area contributed by atoms with Gasteiger partial charge in [-0.1, -0.05) is 19.1 Å². The smallest absolute Gasteiger partial charge is 0.328 e. The van der Waals surface area contributed by atoms with Crippen molar-refractivity contribution in [3.8, 4) is 0 Å². The van der Waals surface area contributed by atoms with Crippen molar-refractivity contribution in [2.24, 2.45) is 0 Å². The maximum atomic E-state index is 12.4. The summed E-state index contributed by atoms with van der Waals surface area (Å²) in [6.07, 6.45) is 3.09. The Balaban J connectivity index is 3.24. The van der Waals surface area contributed by atoms with Crippen molar-refractivity contribution in [2.75, 3.05) is 13.6 Å². The molecule has 110 valence electrons. The molecular weight excluding hydrogens is 278 g/mol. The largest absolute Gasteiger partial charge is 0.478 e. The van der Waals surface area contributed by atoms with Gasteiger partial charge in [-0.15, -0.1) is 0 Å². The van der Waals surface area contributed by atoms with Crippen LogP contribution in [0.15, 0.2) is 29.2 Å². The number of carboxylic acids is 1. The quantitative estimate of drug-likeness (QED) is 0.816. The summed E-state index contributed by atoms with van der Waals surface area (Å²) in [5.41, 5.74) is 1.18. The molecule has 0 saturated heterocycles. The molecule has 0 aliphatic heterocycles. The van der Waals surface area contributed by atoms with Gasteiger partial charge in [-0.2, -0.15) is 0 Å². The topological polar surface area (TPSA) is 74.7 Å².